The van der Waals surface area contributed by atoms with Crippen LogP contribution in [0.3, 0.4) is 0 Å². The summed E-state index contributed by atoms with van der Waals surface area (Å²) >= 11 is 0. The van der Waals surface area contributed by atoms with Crippen molar-refractivity contribution >= 4 is 16.7 Å². The molecule has 1 aromatic heterocycles. The van der Waals surface area contributed by atoms with E-state index in [2.05, 4.69) is 58.4 Å². The number of carbonyl (C=O) groups excluding carboxylic acids is 1. The van der Waals surface area contributed by atoms with Crippen molar-refractivity contribution in [1.82, 2.24) is 9.88 Å². The average molecular weight is 443 g/mol. The van der Waals surface area contributed by atoms with Gasteiger partial charge in [0.05, 0.1) is 5.41 Å². The van der Waals surface area contributed by atoms with E-state index >= 15 is 0 Å². The first-order chi connectivity index (χ1) is 16.2. The molecule has 0 saturated carbocycles. The van der Waals surface area contributed by atoms with Crippen LogP contribution in [0.5, 0.6) is 0 Å². The van der Waals surface area contributed by atoms with Crippen LogP contribution >= 0.6 is 0 Å². The van der Waals surface area contributed by atoms with Gasteiger partial charge >= 0.3 is 0 Å². The normalized spacial score (nSPS) is 21.0. The molecule has 1 amide bonds. The zero-order valence-corrected chi connectivity index (χ0v) is 19.4. The molecule has 0 aliphatic carbocycles. The molecule has 0 N–H and O–H groups in total. The third-order valence-electron chi connectivity index (χ3n) is 7.70. The first kappa shape index (κ1) is 22.1. The highest BCUT2D eigenvalue weighted by atomic mass is 16.5. The zero-order chi connectivity index (χ0) is 22.5. The number of amides is 1. The number of pyridine rings is 1. The van der Waals surface area contributed by atoms with Crippen molar-refractivity contribution in [3.05, 3.63) is 78.1 Å². The lowest BCUT2D eigenvalue weighted by Gasteiger charge is -2.40. The molecule has 5 rings (SSSR count). The number of likely N-dealkylation sites (tertiary alicyclic amines) is 1. The molecule has 1 atom stereocenters. The Morgan fingerprint density at radius 1 is 1.00 bits per heavy atom. The van der Waals surface area contributed by atoms with Gasteiger partial charge in [0.15, 0.2) is 0 Å². The molecule has 3 heterocycles. The second-order valence-electron chi connectivity index (χ2n) is 9.86. The van der Waals surface area contributed by atoms with Gasteiger partial charge in [-0.3, -0.25) is 9.78 Å². The number of aromatic nitrogens is 1. The highest BCUT2D eigenvalue weighted by Gasteiger charge is 2.42. The number of hydrogen-bond donors (Lipinski definition) is 0. The average Bonchev–Trinajstić information content (AvgIpc) is 3.10. The summed E-state index contributed by atoms with van der Waals surface area (Å²) < 4.78 is 5.67. The first-order valence-corrected chi connectivity index (χ1v) is 12.5. The largest absolute Gasteiger partial charge is 0.381 e. The summed E-state index contributed by atoms with van der Waals surface area (Å²) in [6, 6.07) is 19.2. The summed E-state index contributed by atoms with van der Waals surface area (Å²) in [6.07, 6.45) is 10.7. The van der Waals surface area contributed by atoms with Crippen LogP contribution in [0.15, 0.2) is 67.0 Å². The predicted octanol–water partition coefficient (Wildman–Crippen LogP) is 5.45. The van der Waals surface area contributed by atoms with E-state index in [1.807, 2.05) is 18.5 Å². The lowest BCUT2D eigenvalue weighted by Crippen LogP contribution is -2.48. The Kier molecular flexibility index (Phi) is 6.73. The Morgan fingerprint density at radius 2 is 1.85 bits per heavy atom. The van der Waals surface area contributed by atoms with Gasteiger partial charge in [-0.05, 0) is 73.4 Å². The quantitative estimate of drug-likeness (QED) is 0.528. The van der Waals surface area contributed by atoms with E-state index in [-0.39, 0.29) is 5.41 Å². The summed E-state index contributed by atoms with van der Waals surface area (Å²) in [6.45, 7) is 3.12. The standard InChI is InChI=1S/C29H34N2O2/c32-28(29(13-18-33-19-14-29)21-24-6-2-1-3-7-24)31-16-5-8-23(12-17-31)20-25-9-4-10-26-22-30-15-11-27(25)26/h1-4,6-7,9-11,15,22-23H,5,8,12-14,16-21H2. The Balaban J connectivity index is 1.28. The molecule has 4 heteroatoms. The van der Waals surface area contributed by atoms with E-state index in [4.69, 9.17) is 4.74 Å². The van der Waals surface area contributed by atoms with Crippen molar-refractivity contribution in [1.29, 1.82) is 0 Å². The van der Waals surface area contributed by atoms with Crippen molar-refractivity contribution in [2.45, 2.75) is 44.9 Å². The molecule has 0 spiro atoms. The number of carbonyl (C=O) groups is 1. The van der Waals surface area contributed by atoms with Crippen LogP contribution in [0.4, 0.5) is 0 Å². The molecule has 3 aromatic rings. The van der Waals surface area contributed by atoms with Gasteiger partial charge in [0.1, 0.15) is 0 Å². The maximum atomic E-state index is 13.9. The number of rotatable bonds is 5. The molecule has 172 valence electrons. The second-order valence-corrected chi connectivity index (χ2v) is 9.86. The SMILES string of the molecule is O=C(N1CCCC(Cc2cccc3cnccc23)CC1)C1(Cc2ccccc2)CCOCC1. The van der Waals surface area contributed by atoms with Crippen LogP contribution in [-0.4, -0.2) is 42.1 Å². The van der Waals surface area contributed by atoms with E-state index in [1.54, 1.807) is 0 Å². The van der Waals surface area contributed by atoms with E-state index in [1.165, 1.54) is 28.3 Å². The van der Waals surface area contributed by atoms with Crippen LogP contribution in [0.1, 0.15) is 43.2 Å². The molecule has 2 fully saturated rings. The van der Waals surface area contributed by atoms with Gasteiger partial charge in [0, 0.05) is 44.1 Å². The Labute approximate surface area is 197 Å². The fourth-order valence-electron chi connectivity index (χ4n) is 5.80. The topological polar surface area (TPSA) is 42.4 Å². The van der Waals surface area contributed by atoms with E-state index in [0.29, 0.717) is 25.0 Å². The smallest absolute Gasteiger partial charge is 0.229 e. The van der Waals surface area contributed by atoms with Crippen LogP contribution in [0.25, 0.3) is 10.8 Å². The molecular formula is C29H34N2O2. The van der Waals surface area contributed by atoms with Crippen LogP contribution in [0.2, 0.25) is 0 Å². The summed E-state index contributed by atoms with van der Waals surface area (Å²) in [5.41, 5.74) is 2.35. The molecule has 2 aliphatic rings. The Bertz CT molecular complexity index is 1070. The molecule has 2 saturated heterocycles. The third kappa shape index (κ3) is 4.96. The Morgan fingerprint density at radius 3 is 2.70 bits per heavy atom. The van der Waals surface area contributed by atoms with Gasteiger partial charge in [0.25, 0.3) is 0 Å². The molecule has 0 radical (unpaired) electrons. The molecule has 2 aliphatic heterocycles. The minimum atomic E-state index is -0.317. The predicted molar refractivity (Wildman–Crippen MR) is 132 cm³/mol. The van der Waals surface area contributed by atoms with Gasteiger partial charge in [-0.1, -0.05) is 48.5 Å². The summed E-state index contributed by atoms with van der Waals surface area (Å²) in [4.78, 5) is 20.4. The van der Waals surface area contributed by atoms with Crippen molar-refractivity contribution in [3.8, 4) is 0 Å². The van der Waals surface area contributed by atoms with E-state index < -0.39 is 0 Å². The minimum Gasteiger partial charge on any atom is -0.381 e. The van der Waals surface area contributed by atoms with E-state index in [0.717, 1.165) is 51.6 Å². The van der Waals surface area contributed by atoms with Crippen molar-refractivity contribution < 1.29 is 9.53 Å². The maximum absolute atomic E-state index is 13.9. The number of hydrogen-bond acceptors (Lipinski definition) is 3. The van der Waals surface area contributed by atoms with E-state index in [9.17, 15) is 4.79 Å². The number of ether oxygens (including phenoxy) is 1. The zero-order valence-electron chi connectivity index (χ0n) is 19.4. The van der Waals surface area contributed by atoms with Gasteiger partial charge in [-0.25, -0.2) is 0 Å². The van der Waals surface area contributed by atoms with Gasteiger partial charge in [-0.2, -0.15) is 0 Å². The molecular weight excluding hydrogens is 408 g/mol. The molecule has 33 heavy (non-hydrogen) atoms. The summed E-state index contributed by atoms with van der Waals surface area (Å²) in [5, 5.41) is 2.52. The molecule has 1 unspecified atom stereocenters. The maximum Gasteiger partial charge on any atom is 0.229 e. The number of benzene rings is 2. The van der Waals surface area contributed by atoms with Crippen molar-refractivity contribution in [2.75, 3.05) is 26.3 Å². The lowest BCUT2D eigenvalue weighted by atomic mass is 9.74. The van der Waals surface area contributed by atoms with Crippen molar-refractivity contribution in [3.63, 3.8) is 0 Å². The summed E-state index contributed by atoms with van der Waals surface area (Å²) in [5.74, 6) is 0.966. The van der Waals surface area contributed by atoms with Gasteiger partial charge in [-0.15, -0.1) is 0 Å². The second kappa shape index (κ2) is 10.0. The Hall–Kier alpha value is -2.72. The fourth-order valence-corrected chi connectivity index (χ4v) is 5.80. The monoisotopic (exact) mass is 442 g/mol. The van der Waals surface area contributed by atoms with Crippen molar-refractivity contribution in [2.24, 2.45) is 11.3 Å². The minimum absolute atomic E-state index is 0.317. The first-order valence-electron chi connectivity index (χ1n) is 12.5. The highest BCUT2D eigenvalue weighted by Crippen LogP contribution is 2.37. The number of fused-ring (bicyclic) bond motifs is 1. The molecule has 0 bridgehead atoms. The molecule has 4 nitrogen and oxygen atoms in total. The van der Waals surface area contributed by atoms with Crippen LogP contribution in [-0.2, 0) is 22.4 Å². The van der Waals surface area contributed by atoms with Crippen LogP contribution in [0, 0.1) is 11.3 Å². The number of nitrogens with zero attached hydrogens (tertiary/aromatic N) is 2. The van der Waals surface area contributed by atoms with Gasteiger partial charge < -0.3 is 9.64 Å². The summed E-state index contributed by atoms with van der Waals surface area (Å²) in [7, 11) is 0. The molecule has 2 aromatic carbocycles. The lowest BCUT2D eigenvalue weighted by molar-refractivity contribution is -0.148. The fraction of sp³-hybridized carbons (Fsp3) is 0.448. The third-order valence-corrected chi connectivity index (χ3v) is 7.70. The van der Waals surface area contributed by atoms with Crippen LogP contribution < -0.4 is 0 Å². The highest BCUT2D eigenvalue weighted by molar-refractivity contribution is 5.85. The van der Waals surface area contributed by atoms with Gasteiger partial charge in [0.2, 0.25) is 5.91 Å².